The smallest absolute Gasteiger partial charge is 0.144 e. The van der Waals surface area contributed by atoms with Crippen LogP contribution in [0.15, 0.2) is 12.1 Å². The first-order valence-corrected chi connectivity index (χ1v) is 8.18. The molecule has 0 unspecified atom stereocenters. The van der Waals surface area contributed by atoms with Crippen molar-refractivity contribution in [3.8, 4) is 6.07 Å². The van der Waals surface area contributed by atoms with E-state index in [1.807, 2.05) is 19.1 Å². The van der Waals surface area contributed by atoms with E-state index in [9.17, 15) is 0 Å². The lowest BCUT2D eigenvalue weighted by Crippen LogP contribution is -2.47. The van der Waals surface area contributed by atoms with Gasteiger partial charge < -0.3 is 15.1 Å². The van der Waals surface area contributed by atoms with Crippen molar-refractivity contribution in [2.45, 2.75) is 20.8 Å². The highest BCUT2D eigenvalue weighted by Crippen LogP contribution is 2.13. The number of nitrogens with one attached hydrogen (secondary N) is 1. The Hall–Kier alpha value is -1.64. The highest BCUT2D eigenvalue weighted by atomic mass is 15.3. The summed E-state index contributed by atoms with van der Waals surface area (Å²) in [5.41, 5.74) is 1.55. The minimum atomic E-state index is 0.530. The topological polar surface area (TPSA) is 55.2 Å². The van der Waals surface area contributed by atoms with Gasteiger partial charge in [0.2, 0.25) is 0 Å². The summed E-state index contributed by atoms with van der Waals surface area (Å²) >= 11 is 0. The van der Waals surface area contributed by atoms with E-state index in [-0.39, 0.29) is 0 Å². The van der Waals surface area contributed by atoms with Gasteiger partial charge in [-0.3, -0.25) is 0 Å². The predicted octanol–water partition coefficient (Wildman–Crippen LogP) is 1.95. The molecule has 5 heteroatoms. The van der Waals surface area contributed by atoms with Crippen LogP contribution in [0.25, 0.3) is 0 Å². The maximum Gasteiger partial charge on any atom is 0.144 e. The molecule has 0 aliphatic carbocycles. The second-order valence-electron chi connectivity index (χ2n) is 6.18. The molecule has 0 aromatic carbocycles. The molecule has 2 rings (SSSR count). The van der Waals surface area contributed by atoms with Crippen LogP contribution in [0.3, 0.4) is 0 Å². The zero-order valence-electron chi connectivity index (χ0n) is 14.0. The molecule has 0 bridgehead atoms. The quantitative estimate of drug-likeness (QED) is 0.870. The molecule has 1 aliphatic rings. The van der Waals surface area contributed by atoms with E-state index in [0.29, 0.717) is 17.3 Å². The number of aromatic nitrogens is 1. The van der Waals surface area contributed by atoms with Gasteiger partial charge in [0, 0.05) is 45.0 Å². The van der Waals surface area contributed by atoms with Crippen LogP contribution in [0.5, 0.6) is 0 Å². The van der Waals surface area contributed by atoms with Gasteiger partial charge >= 0.3 is 0 Å². The molecule has 0 saturated carbocycles. The first-order chi connectivity index (χ1) is 10.6. The molecule has 0 amide bonds. The second-order valence-corrected chi connectivity index (χ2v) is 6.18. The predicted molar refractivity (Wildman–Crippen MR) is 89.9 cm³/mol. The van der Waals surface area contributed by atoms with Crippen molar-refractivity contribution in [3.05, 3.63) is 23.4 Å². The van der Waals surface area contributed by atoms with Crippen LogP contribution >= 0.6 is 0 Å². The number of hydrogen-bond acceptors (Lipinski definition) is 5. The number of pyridine rings is 1. The zero-order valence-corrected chi connectivity index (χ0v) is 14.0. The van der Waals surface area contributed by atoms with Gasteiger partial charge in [-0.15, -0.1) is 0 Å². The maximum atomic E-state index is 9.14. The Labute approximate surface area is 133 Å². The van der Waals surface area contributed by atoms with Crippen LogP contribution < -0.4 is 5.32 Å². The van der Waals surface area contributed by atoms with Crippen molar-refractivity contribution in [1.82, 2.24) is 14.8 Å². The lowest BCUT2D eigenvalue weighted by Gasteiger charge is -2.35. The van der Waals surface area contributed by atoms with Gasteiger partial charge in [-0.05, 0) is 31.5 Å². The molecule has 5 nitrogen and oxygen atoms in total. The molecule has 1 aromatic rings. The Morgan fingerprint density at radius 3 is 2.59 bits per heavy atom. The summed E-state index contributed by atoms with van der Waals surface area (Å²) in [6.07, 6.45) is 0. The van der Waals surface area contributed by atoms with E-state index in [1.54, 1.807) is 0 Å². The molecule has 1 aromatic heterocycles. The zero-order chi connectivity index (χ0) is 15.9. The molecule has 22 heavy (non-hydrogen) atoms. The Balaban J connectivity index is 1.80. The van der Waals surface area contributed by atoms with Crippen molar-refractivity contribution in [1.29, 1.82) is 5.26 Å². The summed E-state index contributed by atoms with van der Waals surface area (Å²) in [5, 5.41) is 12.5. The average molecular weight is 301 g/mol. The minimum Gasteiger partial charge on any atom is -0.369 e. The van der Waals surface area contributed by atoms with Crippen LogP contribution in [0.4, 0.5) is 5.82 Å². The average Bonchev–Trinajstić information content (AvgIpc) is 2.54. The van der Waals surface area contributed by atoms with E-state index in [4.69, 9.17) is 5.26 Å². The number of nitriles is 1. The lowest BCUT2D eigenvalue weighted by molar-refractivity contribution is 0.126. The van der Waals surface area contributed by atoms with E-state index in [1.165, 1.54) is 13.1 Å². The van der Waals surface area contributed by atoms with Gasteiger partial charge in [-0.1, -0.05) is 13.8 Å². The number of rotatable bonds is 6. The van der Waals surface area contributed by atoms with E-state index >= 15 is 0 Å². The molecule has 120 valence electrons. The Kier molecular flexibility index (Phi) is 6.17. The Morgan fingerprint density at radius 1 is 1.27 bits per heavy atom. The molecule has 2 heterocycles. The molecule has 1 aliphatic heterocycles. The van der Waals surface area contributed by atoms with E-state index in [2.05, 4.69) is 40.0 Å². The van der Waals surface area contributed by atoms with Gasteiger partial charge in [-0.25, -0.2) is 4.98 Å². The van der Waals surface area contributed by atoms with Crippen molar-refractivity contribution in [3.63, 3.8) is 0 Å². The largest absolute Gasteiger partial charge is 0.369 e. The van der Waals surface area contributed by atoms with Crippen LogP contribution in [-0.2, 0) is 0 Å². The molecule has 1 atom stereocenters. The monoisotopic (exact) mass is 301 g/mol. The summed E-state index contributed by atoms with van der Waals surface area (Å²) in [4.78, 5) is 9.46. The molecule has 1 N–H and O–H groups in total. The summed E-state index contributed by atoms with van der Waals surface area (Å²) in [7, 11) is 0. The normalized spacial score (nSPS) is 17.9. The number of hydrogen-bond donors (Lipinski definition) is 1. The number of nitrogens with zero attached hydrogens (tertiary/aromatic N) is 4. The molecule has 0 radical (unpaired) electrons. The molecular formula is C17H27N5. The Morgan fingerprint density at radius 2 is 1.95 bits per heavy atom. The first-order valence-electron chi connectivity index (χ1n) is 8.18. The number of piperazine rings is 1. The molecule has 0 spiro atoms. The van der Waals surface area contributed by atoms with Crippen LogP contribution in [0.2, 0.25) is 0 Å². The molecular weight excluding hydrogens is 274 g/mol. The standard InChI is InChI=1S/C17H27N5/c1-4-21-7-9-22(10-8-21)13-14(2)12-19-17-16(11-18)6-5-15(3)20-17/h5-6,14H,4,7-10,12-13H2,1-3H3,(H,19,20)/t14-/m1/s1. The number of likely N-dealkylation sites (N-methyl/N-ethyl adjacent to an activating group) is 1. The SMILES string of the molecule is CCN1CCN(C[C@H](C)CNc2nc(C)ccc2C#N)CC1. The van der Waals surface area contributed by atoms with E-state index < -0.39 is 0 Å². The fourth-order valence-corrected chi connectivity index (χ4v) is 2.85. The summed E-state index contributed by atoms with van der Waals surface area (Å²) in [6.45, 7) is 14.2. The van der Waals surface area contributed by atoms with Crippen molar-refractivity contribution in [2.24, 2.45) is 5.92 Å². The third kappa shape index (κ3) is 4.69. The number of anilines is 1. The minimum absolute atomic E-state index is 0.530. The van der Waals surface area contributed by atoms with Crippen LogP contribution in [0.1, 0.15) is 25.1 Å². The second kappa shape index (κ2) is 8.11. The third-order valence-corrected chi connectivity index (χ3v) is 4.25. The molecule has 1 saturated heterocycles. The number of aryl methyl sites for hydroxylation is 1. The van der Waals surface area contributed by atoms with Gasteiger partial charge in [-0.2, -0.15) is 5.26 Å². The Bertz CT molecular complexity index is 514. The summed E-state index contributed by atoms with van der Waals surface area (Å²) < 4.78 is 0. The van der Waals surface area contributed by atoms with E-state index in [0.717, 1.165) is 38.4 Å². The van der Waals surface area contributed by atoms with Crippen molar-refractivity contribution < 1.29 is 0 Å². The third-order valence-electron chi connectivity index (χ3n) is 4.25. The van der Waals surface area contributed by atoms with Crippen molar-refractivity contribution in [2.75, 3.05) is 51.1 Å². The van der Waals surface area contributed by atoms with Gasteiger partial charge in [0.15, 0.2) is 0 Å². The highest BCUT2D eigenvalue weighted by molar-refractivity contribution is 5.52. The summed E-state index contributed by atoms with van der Waals surface area (Å²) in [6, 6.07) is 5.91. The maximum absolute atomic E-state index is 9.14. The van der Waals surface area contributed by atoms with Gasteiger partial charge in [0.1, 0.15) is 11.9 Å². The fraction of sp³-hybridized carbons (Fsp3) is 0.647. The van der Waals surface area contributed by atoms with Gasteiger partial charge in [0.05, 0.1) is 5.56 Å². The summed E-state index contributed by atoms with van der Waals surface area (Å²) in [5.74, 6) is 1.24. The van der Waals surface area contributed by atoms with Crippen molar-refractivity contribution >= 4 is 5.82 Å². The molecule has 1 fully saturated rings. The fourth-order valence-electron chi connectivity index (χ4n) is 2.85. The lowest BCUT2D eigenvalue weighted by atomic mass is 10.1. The highest BCUT2D eigenvalue weighted by Gasteiger charge is 2.17. The van der Waals surface area contributed by atoms with Crippen LogP contribution in [0, 0.1) is 24.2 Å². The van der Waals surface area contributed by atoms with Crippen LogP contribution in [-0.4, -0.2) is 60.6 Å². The first kappa shape index (κ1) is 16.7. The van der Waals surface area contributed by atoms with Gasteiger partial charge in [0.25, 0.3) is 0 Å².